The molecule has 0 radical (unpaired) electrons. The fraction of sp³-hybridized carbons (Fsp3) is 0.231. The molecule has 0 unspecified atom stereocenters. The van der Waals surface area contributed by atoms with Crippen LogP contribution >= 0.6 is 15.9 Å². The number of carbonyl (C=O) groups is 2. The fourth-order valence-electron chi connectivity index (χ4n) is 4.15. The third kappa shape index (κ3) is 4.73. The van der Waals surface area contributed by atoms with E-state index in [2.05, 4.69) is 21.2 Å². The van der Waals surface area contributed by atoms with Crippen molar-refractivity contribution in [2.24, 2.45) is 5.92 Å². The summed E-state index contributed by atoms with van der Waals surface area (Å²) in [6.45, 7) is 1.98. The molecule has 1 aliphatic heterocycles. The Balaban J connectivity index is 1.71. The van der Waals surface area contributed by atoms with Crippen LogP contribution in [0, 0.1) is 12.8 Å². The summed E-state index contributed by atoms with van der Waals surface area (Å²) in [6.07, 6.45) is 0.109. The van der Waals surface area contributed by atoms with Crippen LogP contribution in [0.25, 0.3) is 0 Å². The van der Waals surface area contributed by atoms with Crippen molar-refractivity contribution >= 4 is 39.1 Å². The zero-order valence-electron chi connectivity index (χ0n) is 18.7. The second kappa shape index (κ2) is 9.67. The number of halogens is 1. The molecule has 6 nitrogen and oxygen atoms in total. The lowest BCUT2D eigenvalue weighted by molar-refractivity contribution is -0.122. The van der Waals surface area contributed by atoms with E-state index >= 15 is 0 Å². The van der Waals surface area contributed by atoms with E-state index in [1.807, 2.05) is 73.7 Å². The van der Waals surface area contributed by atoms with Gasteiger partial charge in [-0.15, -0.1) is 0 Å². The van der Waals surface area contributed by atoms with Crippen LogP contribution in [0.4, 0.5) is 11.4 Å². The monoisotopic (exact) mass is 508 g/mol. The van der Waals surface area contributed by atoms with Crippen LogP contribution in [-0.4, -0.2) is 26.0 Å². The third-order valence-electron chi connectivity index (χ3n) is 5.85. The predicted octanol–water partition coefficient (Wildman–Crippen LogP) is 5.51. The van der Waals surface area contributed by atoms with Gasteiger partial charge >= 0.3 is 0 Å². The molecule has 4 rings (SSSR count). The summed E-state index contributed by atoms with van der Waals surface area (Å²) in [5, 5.41) is 3.00. The zero-order chi connectivity index (χ0) is 23.5. The van der Waals surface area contributed by atoms with Crippen LogP contribution in [0.3, 0.4) is 0 Å². The molecule has 3 aromatic carbocycles. The average Bonchev–Trinajstić information content (AvgIpc) is 3.18. The molecule has 0 bridgehead atoms. The van der Waals surface area contributed by atoms with Gasteiger partial charge in [0.1, 0.15) is 11.5 Å². The fourth-order valence-corrected chi connectivity index (χ4v) is 4.74. The molecule has 1 heterocycles. The summed E-state index contributed by atoms with van der Waals surface area (Å²) in [7, 11) is 3.20. The molecule has 0 saturated carbocycles. The molecular formula is C26H25BrN2O4. The number of amides is 2. The lowest BCUT2D eigenvalue weighted by Crippen LogP contribution is -2.32. The number of nitrogens with zero attached hydrogens (tertiary/aromatic N) is 1. The minimum absolute atomic E-state index is 0.107. The maximum Gasteiger partial charge on any atom is 0.230 e. The molecule has 170 valence electrons. The molecule has 7 heteroatoms. The van der Waals surface area contributed by atoms with Gasteiger partial charge in [0.05, 0.1) is 31.9 Å². The van der Waals surface area contributed by atoms with Crippen molar-refractivity contribution in [3.63, 3.8) is 0 Å². The number of hydrogen-bond acceptors (Lipinski definition) is 4. The Morgan fingerprint density at radius 3 is 2.15 bits per heavy atom. The molecule has 0 aromatic heterocycles. The minimum atomic E-state index is -0.568. The first-order valence-electron chi connectivity index (χ1n) is 10.6. The van der Waals surface area contributed by atoms with Gasteiger partial charge in [-0.25, -0.2) is 0 Å². The van der Waals surface area contributed by atoms with E-state index in [-0.39, 0.29) is 18.2 Å². The van der Waals surface area contributed by atoms with Gasteiger partial charge in [-0.05, 0) is 82.5 Å². The average molecular weight is 509 g/mol. The molecular weight excluding hydrogens is 484 g/mol. The number of anilines is 2. The first kappa shape index (κ1) is 22.9. The number of aryl methyl sites for hydroxylation is 1. The molecule has 0 spiro atoms. The van der Waals surface area contributed by atoms with Crippen LogP contribution in [0.15, 0.2) is 71.2 Å². The number of benzene rings is 3. The van der Waals surface area contributed by atoms with E-state index in [9.17, 15) is 9.59 Å². The smallest absolute Gasteiger partial charge is 0.230 e. The Hall–Kier alpha value is -3.32. The van der Waals surface area contributed by atoms with Crippen LogP contribution in [-0.2, 0) is 9.59 Å². The number of nitrogens with one attached hydrogen (secondary N) is 1. The van der Waals surface area contributed by atoms with E-state index in [1.54, 1.807) is 19.1 Å². The van der Waals surface area contributed by atoms with Crippen LogP contribution in [0.5, 0.6) is 11.5 Å². The standard InChI is InChI=1S/C26H25BrN2O4/c1-16-4-13-23(22(27)14-16)28-26(31)21-15-24(30)29(18-7-11-20(33-3)12-8-18)25(21)17-5-9-19(32-2)10-6-17/h4-14,21,25H,15H2,1-3H3,(H,28,31)/t21-,25-/m1/s1. The van der Waals surface area contributed by atoms with Crippen molar-refractivity contribution in [2.75, 3.05) is 24.4 Å². The van der Waals surface area contributed by atoms with Crippen molar-refractivity contribution in [3.05, 3.63) is 82.3 Å². The van der Waals surface area contributed by atoms with Gasteiger partial charge in [0.15, 0.2) is 0 Å². The largest absolute Gasteiger partial charge is 0.497 e. The van der Waals surface area contributed by atoms with Crippen LogP contribution in [0.1, 0.15) is 23.6 Å². The van der Waals surface area contributed by atoms with Gasteiger partial charge in [-0.3, -0.25) is 9.59 Å². The highest BCUT2D eigenvalue weighted by Crippen LogP contribution is 2.43. The van der Waals surface area contributed by atoms with E-state index in [4.69, 9.17) is 9.47 Å². The third-order valence-corrected chi connectivity index (χ3v) is 6.51. The molecule has 33 heavy (non-hydrogen) atoms. The first-order chi connectivity index (χ1) is 15.9. The topological polar surface area (TPSA) is 67.9 Å². The van der Waals surface area contributed by atoms with Crippen molar-refractivity contribution in [1.82, 2.24) is 0 Å². The molecule has 0 aliphatic carbocycles. The molecule has 2 amide bonds. The second-order valence-electron chi connectivity index (χ2n) is 7.96. The molecule has 1 fully saturated rings. The quantitative estimate of drug-likeness (QED) is 0.476. The molecule has 1 aliphatic rings. The normalized spacial score (nSPS) is 17.7. The SMILES string of the molecule is COc1ccc([C@@H]2[C@H](C(=O)Nc3ccc(C)cc3Br)CC(=O)N2c2ccc(OC)cc2)cc1. The highest BCUT2D eigenvalue weighted by Gasteiger charge is 2.45. The van der Waals surface area contributed by atoms with Crippen molar-refractivity contribution in [1.29, 1.82) is 0 Å². The van der Waals surface area contributed by atoms with E-state index < -0.39 is 12.0 Å². The summed E-state index contributed by atoms with van der Waals surface area (Å²) in [5.41, 5.74) is 3.33. The zero-order valence-corrected chi connectivity index (χ0v) is 20.3. The highest BCUT2D eigenvalue weighted by atomic mass is 79.9. The molecule has 3 aromatic rings. The molecule has 2 atom stereocenters. The Labute approximate surface area is 201 Å². The number of carbonyl (C=O) groups excluding carboxylic acids is 2. The van der Waals surface area contributed by atoms with Gasteiger partial charge in [0, 0.05) is 16.6 Å². The maximum absolute atomic E-state index is 13.4. The molecule has 1 saturated heterocycles. The van der Waals surface area contributed by atoms with Crippen LogP contribution < -0.4 is 19.7 Å². The summed E-state index contributed by atoms with van der Waals surface area (Å²) < 4.78 is 11.3. The Morgan fingerprint density at radius 2 is 1.58 bits per heavy atom. The van der Waals surface area contributed by atoms with Gasteiger partial charge < -0.3 is 19.7 Å². The van der Waals surface area contributed by atoms with Crippen molar-refractivity contribution in [2.45, 2.75) is 19.4 Å². The number of rotatable bonds is 6. The van der Waals surface area contributed by atoms with Gasteiger partial charge in [-0.2, -0.15) is 0 Å². The van der Waals surface area contributed by atoms with Gasteiger partial charge in [-0.1, -0.05) is 18.2 Å². The van der Waals surface area contributed by atoms with Gasteiger partial charge in [0.2, 0.25) is 11.8 Å². The first-order valence-corrected chi connectivity index (χ1v) is 11.4. The Morgan fingerprint density at radius 1 is 0.970 bits per heavy atom. The summed E-state index contributed by atoms with van der Waals surface area (Å²) in [5.74, 6) is 0.531. The number of hydrogen-bond donors (Lipinski definition) is 1. The molecule has 1 N–H and O–H groups in total. The summed E-state index contributed by atoms with van der Waals surface area (Å²) >= 11 is 3.52. The van der Waals surface area contributed by atoms with E-state index in [1.165, 1.54) is 0 Å². The van der Waals surface area contributed by atoms with Crippen molar-refractivity contribution < 1.29 is 19.1 Å². The Kier molecular flexibility index (Phi) is 6.70. The summed E-state index contributed by atoms with van der Waals surface area (Å²) in [6, 6.07) is 20.1. The predicted molar refractivity (Wildman–Crippen MR) is 132 cm³/mol. The minimum Gasteiger partial charge on any atom is -0.497 e. The highest BCUT2D eigenvalue weighted by molar-refractivity contribution is 9.10. The van der Waals surface area contributed by atoms with E-state index in [0.717, 1.165) is 15.6 Å². The lowest BCUT2D eigenvalue weighted by Gasteiger charge is -2.28. The van der Waals surface area contributed by atoms with Crippen molar-refractivity contribution in [3.8, 4) is 11.5 Å². The van der Waals surface area contributed by atoms with Gasteiger partial charge in [0.25, 0.3) is 0 Å². The summed E-state index contributed by atoms with van der Waals surface area (Å²) in [4.78, 5) is 28.3. The lowest BCUT2D eigenvalue weighted by atomic mass is 9.92. The van der Waals surface area contributed by atoms with E-state index in [0.29, 0.717) is 22.9 Å². The Bertz CT molecular complexity index is 1160. The number of methoxy groups -OCH3 is 2. The van der Waals surface area contributed by atoms with Crippen LogP contribution in [0.2, 0.25) is 0 Å². The maximum atomic E-state index is 13.4. The number of ether oxygens (including phenoxy) is 2. The second-order valence-corrected chi connectivity index (χ2v) is 8.82.